The first-order chi connectivity index (χ1) is 7.11. The smallest absolute Gasteiger partial charge is 0.306 e. The van der Waals surface area contributed by atoms with Crippen LogP contribution in [-0.4, -0.2) is 11.1 Å². The van der Waals surface area contributed by atoms with Crippen molar-refractivity contribution in [2.45, 2.75) is 26.2 Å². The Morgan fingerprint density at radius 1 is 1.47 bits per heavy atom. The number of carbonyl (C=O) groups is 1. The number of rotatable bonds is 5. The van der Waals surface area contributed by atoms with Crippen LogP contribution in [0.4, 0.5) is 4.39 Å². The van der Waals surface area contributed by atoms with Gasteiger partial charge in [-0.15, -0.1) is 0 Å². The third-order valence-corrected chi connectivity index (χ3v) is 2.46. The molecule has 3 heteroatoms. The number of benzene rings is 1. The van der Waals surface area contributed by atoms with E-state index in [0.29, 0.717) is 24.8 Å². The van der Waals surface area contributed by atoms with Crippen LogP contribution in [-0.2, 0) is 11.2 Å². The second-order valence-corrected chi connectivity index (χ2v) is 3.72. The second kappa shape index (κ2) is 5.49. The van der Waals surface area contributed by atoms with Crippen molar-refractivity contribution in [3.63, 3.8) is 0 Å². The van der Waals surface area contributed by atoms with Crippen LogP contribution in [0.25, 0.3) is 0 Å². The molecule has 82 valence electrons. The maximum Gasteiger partial charge on any atom is 0.306 e. The standard InChI is InChI=1S/C12H15FO2/c1-9(12(14)15)5-4-7-10-6-2-3-8-11(10)13/h2-3,6,8-9H,4-5,7H2,1H3,(H,14,15). The van der Waals surface area contributed by atoms with Crippen LogP contribution in [0.1, 0.15) is 25.3 Å². The lowest BCUT2D eigenvalue weighted by Gasteiger charge is -2.06. The van der Waals surface area contributed by atoms with Gasteiger partial charge in [0.25, 0.3) is 0 Å². The predicted octanol–water partition coefficient (Wildman–Crippen LogP) is 2.87. The van der Waals surface area contributed by atoms with Gasteiger partial charge in [0, 0.05) is 0 Å². The maximum atomic E-state index is 13.2. The molecule has 0 aromatic heterocycles. The van der Waals surface area contributed by atoms with E-state index in [0.717, 1.165) is 0 Å². The van der Waals surface area contributed by atoms with E-state index in [1.165, 1.54) is 6.07 Å². The molecule has 0 saturated heterocycles. The van der Waals surface area contributed by atoms with Gasteiger partial charge in [-0.05, 0) is 30.9 Å². The third kappa shape index (κ3) is 3.70. The molecule has 15 heavy (non-hydrogen) atoms. The summed E-state index contributed by atoms with van der Waals surface area (Å²) < 4.78 is 13.2. The summed E-state index contributed by atoms with van der Waals surface area (Å²) in [6, 6.07) is 6.61. The van der Waals surface area contributed by atoms with Crippen LogP contribution in [0.15, 0.2) is 24.3 Å². The van der Waals surface area contributed by atoms with Crippen molar-refractivity contribution in [3.05, 3.63) is 35.6 Å². The minimum atomic E-state index is -0.788. The SMILES string of the molecule is CC(CCCc1ccccc1F)C(=O)O. The maximum absolute atomic E-state index is 13.2. The Bertz CT molecular complexity index is 336. The van der Waals surface area contributed by atoms with Crippen LogP contribution >= 0.6 is 0 Å². The van der Waals surface area contributed by atoms with E-state index in [-0.39, 0.29) is 11.7 Å². The normalized spacial score (nSPS) is 12.4. The Labute approximate surface area is 88.7 Å². The van der Waals surface area contributed by atoms with Gasteiger partial charge >= 0.3 is 5.97 Å². The van der Waals surface area contributed by atoms with E-state index in [1.54, 1.807) is 25.1 Å². The lowest BCUT2D eigenvalue weighted by atomic mass is 10.0. The van der Waals surface area contributed by atoms with E-state index in [2.05, 4.69) is 0 Å². The lowest BCUT2D eigenvalue weighted by molar-refractivity contribution is -0.141. The van der Waals surface area contributed by atoms with Crippen molar-refractivity contribution in [1.29, 1.82) is 0 Å². The van der Waals surface area contributed by atoms with Crippen molar-refractivity contribution in [1.82, 2.24) is 0 Å². The Balaban J connectivity index is 2.38. The molecule has 0 spiro atoms. The number of hydrogen-bond donors (Lipinski definition) is 1. The van der Waals surface area contributed by atoms with Crippen molar-refractivity contribution >= 4 is 5.97 Å². The molecule has 0 aliphatic rings. The molecule has 0 amide bonds. The van der Waals surface area contributed by atoms with Gasteiger partial charge in [-0.1, -0.05) is 25.1 Å². The van der Waals surface area contributed by atoms with E-state index >= 15 is 0 Å². The van der Waals surface area contributed by atoms with E-state index in [1.807, 2.05) is 0 Å². The minimum Gasteiger partial charge on any atom is -0.481 e. The molecule has 0 heterocycles. The van der Waals surface area contributed by atoms with Gasteiger partial charge in [-0.3, -0.25) is 4.79 Å². The van der Waals surface area contributed by atoms with Crippen LogP contribution < -0.4 is 0 Å². The summed E-state index contributed by atoms with van der Waals surface area (Å²) in [5, 5.41) is 8.66. The fourth-order valence-electron chi connectivity index (χ4n) is 1.42. The first-order valence-electron chi connectivity index (χ1n) is 5.07. The monoisotopic (exact) mass is 210 g/mol. The quantitative estimate of drug-likeness (QED) is 0.811. The number of carboxylic acids is 1. The van der Waals surface area contributed by atoms with E-state index in [9.17, 15) is 9.18 Å². The summed E-state index contributed by atoms with van der Waals surface area (Å²) in [6.45, 7) is 1.67. The van der Waals surface area contributed by atoms with Gasteiger partial charge in [0.15, 0.2) is 0 Å². The zero-order valence-corrected chi connectivity index (χ0v) is 8.74. The number of halogens is 1. The first kappa shape index (κ1) is 11.7. The highest BCUT2D eigenvalue weighted by molar-refractivity contribution is 5.69. The van der Waals surface area contributed by atoms with E-state index in [4.69, 9.17) is 5.11 Å². The number of hydrogen-bond acceptors (Lipinski definition) is 1. The van der Waals surface area contributed by atoms with Gasteiger partial charge in [-0.2, -0.15) is 0 Å². The molecule has 1 N–H and O–H groups in total. The van der Waals surface area contributed by atoms with Crippen molar-refractivity contribution < 1.29 is 14.3 Å². The molecule has 1 atom stereocenters. The van der Waals surface area contributed by atoms with Crippen LogP contribution in [0.5, 0.6) is 0 Å². The molecular weight excluding hydrogens is 195 g/mol. The summed E-state index contributed by atoms with van der Waals surface area (Å²) in [4.78, 5) is 10.5. The molecule has 0 fully saturated rings. The Hall–Kier alpha value is -1.38. The van der Waals surface area contributed by atoms with Gasteiger partial charge in [0.1, 0.15) is 5.82 Å². The van der Waals surface area contributed by atoms with Gasteiger partial charge in [0.05, 0.1) is 5.92 Å². The highest BCUT2D eigenvalue weighted by Gasteiger charge is 2.10. The molecule has 0 bridgehead atoms. The topological polar surface area (TPSA) is 37.3 Å². The van der Waals surface area contributed by atoms with Gasteiger partial charge in [0.2, 0.25) is 0 Å². The fourth-order valence-corrected chi connectivity index (χ4v) is 1.42. The number of carboxylic acid groups (broad SMARTS) is 1. The van der Waals surface area contributed by atoms with Crippen LogP contribution in [0, 0.1) is 11.7 Å². The Morgan fingerprint density at radius 3 is 2.73 bits per heavy atom. The highest BCUT2D eigenvalue weighted by Crippen LogP contribution is 2.13. The first-order valence-corrected chi connectivity index (χ1v) is 5.07. The molecule has 1 unspecified atom stereocenters. The summed E-state index contributed by atoms with van der Waals surface area (Å²) >= 11 is 0. The minimum absolute atomic E-state index is 0.208. The Morgan fingerprint density at radius 2 is 2.13 bits per heavy atom. The molecule has 0 saturated carbocycles. The van der Waals surface area contributed by atoms with E-state index < -0.39 is 5.97 Å². The summed E-state index contributed by atoms with van der Waals surface area (Å²) in [5.74, 6) is -1.35. The molecular formula is C12H15FO2. The molecule has 0 aliphatic carbocycles. The molecule has 1 aromatic rings. The number of aliphatic carboxylic acids is 1. The molecule has 2 nitrogen and oxygen atoms in total. The average molecular weight is 210 g/mol. The van der Waals surface area contributed by atoms with Crippen LogP contribution in [0.2, 0.25) is 0 Å². The summed E-state index contributed by atoms with van der Waals surface area (Å²) in [7, 11) is 0. The highest BCUT2D eigenvalue weighted by atomic mass is 19.1. The number of aryl methyl sites for hydroxylation is 1. The Kier molecular flexibility index (Phi) is 4.28. The molecule has 1 aromatic carbocycles. The lowest BCUT2D eigenvalue weighted by Crippen LogP contribution is -2.09. The zero-order chi connectivity index (χ0) is 11.3. The molecule has 0 aliphatic heterocycles. The second-order valence-electron chi connectivity index (χ2n) is 3.72. The van der Waals surface area contributed by atoms with Crippen molar-refractivity contribution in [2.24, 2.45) is 5.92 Å². The average Bonchev–Trinajstić information content (AvgIpc) is 2.20. The zero-order valence-electron chi connectivity index (χ0n) is 8.74. The largest absolute Gasteiger partial charge is 0.481 e. The van der Waals surface area contributed by atoms with Gasteiger partial charge < -0.3 is 5.11 Å². The fraction of sp³-hybridized carbons (Fsp3) is 0.417. The molecule has 0 radical (unpaired) electrons. The van der Waals surface area contributed by atoms with Gasteiger partial charge in [-0.25, -0.2) is 4.39 Å². The van der Waals surface area contributed by atoms with Crippen LogP contribution in [0.3, 0.4) is 0 Å². The molecule has 1 rings (SSSR count). The summed E-state index contributed by atoms with van der Waals surface area (Å²) in [6.07, 6.45) is 1.89. The van der Waals surface area contributed by atoms with Crippen molar-refractivity contribution in [3.8, 4) is 0 Å². The third-order valence-electron chi connectivity index (χ3n) is 2.46. The van der Waals surface area contributed by atoms with Crippen molar-refractivity contribution in [2.75, 3.05) is 0 Å². The summed E-state index contributed by atoms with van der Waals surface area (Å²) in [5.41, 5.74) is 0.662. The predicted molar refractivity (Wildman–Crippen MR) is 56.1 cm³/mol.